The van der Waals surface area contributed by atoms with Gasteiger partial charge in [-0.05, 0) is 46.1 Å². The SMILES string of the molecule is O=C(NCCCNC(=O)c1ccc(Br)o1)c1cc(-c2ccccc2)[nH]n1. The summed E-state index contributed by atoms with van der Waals surface area (Å²) in [5, 5.41) is 12.4. The van der Waals surface area contributed by atoms with Crippen molar-refractivity contribution in [2.75, 3.05) is 13.1 Å². The van der Waals surface area contributed by atoms with E-state index in [1.165, 1.54) is 0 Å². The molecule has 0 aliphatic heterocycles. The predicted octanol–water partition coefficient (Wildman–Crippen LogP) is 2.98. The average molecular weight is 417 g/mol. The molecule has 134 valence electrons. The minimum atomic E-state index is -0.290. The second-order valence-corrected chi connectivity index (χ2v) is 6.28. The molecular weight excluding hydrogens is 400 g/mol. The lowest BCUT2D eigenvalue weighted by molar-refractivity contribution is 0.0924. The van der Waals surface area contributed by atoms with Crippen molar-refractivity contribution in [2.45, 2.75) is 6.42 Å². The fourth-order valence-corrected chi connectivity index (χ4v) is 2.62. The van der Waals surface area contributed by atoms with Crippen molar-refractivity contribution in [2.24, 2.45) is 0 Å². The number of nitrogens with one attached hydrogen (secondary N) is 3. The van der Waals surface area contributed by atoms with Crippen molar-refractivity contribution >= 4 is 27.7 Å². The highest BCUT2D eigenvalue weighted by atomic mass is 79.9. The smallest absolute Gasteiger partial charge is 0.287 e. The molecule has 0 atom stereocenters. The fraction of sp³-hybridized carbons (Fsp3) is 0.167. The topological polar surface area (TPSA) is 100 Å². The first-order valence-electron chi connectivity index (χ1n) is 8.06. The third-order valence-electron chi connectivity index (χ3n) is 3.62. The lowest BCUT2D eigenvalue weighted by atomic mass is 10.1. The van der Waals surface area contributed by atoms with Gasteiger partial charge in [0, 0.05) is 13.1 Å². The number of aromatic amines is 1. The van der Waals surface area contributed by atoms with Gasteiger partial charge in [-0.1, -0.05) is 30.3 Å². The average Bonchev–Trinajstić information content (AvgIpc) is 3.31. The number of hydrogen-bond donors (Lipinski definition) is 3. The Bertz CT molecular complexity index is 889. The van der Waals surface area contributed by atoms with Gasteiger partial charge in [-0.15, -0.1) is 0 Å². The van der Waals surface area contributed by atoms with Crippen molar-refractivity contribution in [3.05, 3.63) is 64.7 Å². The van der Waals surface area contributed by atoms with Gasteiger partial charge in [0.1, 0.15) is 0 Å². The van der Waals surface area contributed by atoms with Gasteiger partial charge in [0.05, 0.1) is 5.69 Å². The van der Waals surface area contributed by atoms with E-state index in [9.17, 15) is 9.59 Å². The van der Waals surface area contributed by atoms with Crippen LogP contribution in [0.1, 0.15) is 27.5 Å². The zero-order chi connectivity index (χ0) is 18.4. The Hall–Kier alpha value is -2.87. The Balaban J connectivity index is 1.40. The van der Waals surface area contributed by atoms with E-state index in [-0.39, 0.29) is 17.6 Å². The monoisotopic (exact) mass is 416 g/mol. The molecule has 0 fully saturated rings. The molecule has 0 radical (unpaired) electrons. The summed E-state index contributed by atoms with van der Waals surface area (Å²) in [7, 11) is 0. The Morgan fingerprint density at radius 3 is 2.46 bits per heavy atom. The predicted molar refractivity (Wildman–Crippen MR) is 99.7 cm³/mol. The van der Waals surface area contributed by atoms with Gasteiger partial charge in [-0.3, -0.25) is 14.7 Å². The fourth-order valence-electron chi connectivity index (χ4n) is 2.31. The Labute approximate surface area is 158 Å². The summed E-state index contributed by atoms with van der Waals surface area (Å²) >= 11 is 3.15. The van der Waals surface area contributed by atoms with Crippen LogP contribution in [0, 0.1) is 0 Å². The molecule has 3 N–H and O–H groups in total. The number of halogens is 1. The summed E-state index contributed by atoms with van der Waals surface area (Å²) in [5.74, 6) is -0.308. The van der Waals surface area contributed by atoms with Crippen LogP contribution in [0.4, 0.5) is 0 Å². The molecule has 2 aromatic heterocycles. The van der Waals surface area contributed by atoms with Gasteiger partial charge in [0.25, 0.3) is 11.8 Å². The summed E-state index contributed by atoms with van der Waals surface area (Å²) in [6.07, 6.45) is 0.593. The molecule has 3 aromatic rings. The van der Waals surface area contributed by atoms with E-state index in [2.05, 4.69) is 36.8 Å². The van der Waals surface area contributed by atoms with Crippen LogP contribution < -0.4 is 10.6 Å². The van der Waals surface area contributed by atoms with Crippen LogP contribution in [-0.2, 0) is 0 Å². The second-order valence-electron chi connectivity index (χ2n) is 5.50. The third-order valence-corrected chi connectivity index (χ3v) is 4.04. The van der Waals surface area contributed by atoms with Crippen LogP contribution in [0.2, 0.25) is 0 Å². The number of nitrogens with zero attached hydrogens (tertiary/aromatic N) is 1. The molecule has 0 spiro atoms. The van der Waals surface area contributed by atoms with Crippen LogP contribution in [-0.4, -0.2) is 35.1 Å². The second kappa shape index (κ2) is 8.48. The van der Waals surface area contributed by atoms with E-state index in [1.807, 2.05) is 30.3 Å². The summed E-state index contributed by atoms with van der Waals surface area (Å²) in [6.45, 7) is 0.849. The van der Waals surface area contributed by atoms with Crippen LogP contribution >= 0.6 is 15.9 Å². The number of benzene rings is 1. The Kier molecular flexibility index (Phi) is 5.85. The van der Waals surface area contributed by atoms with Crippen molar-refractivity contribution in [1.29, 1.82) is 0 Å². The number of carbonyl (C=O) groups excluding carboxylic acids is 2. The molecule has 0 aliphatic rings. The van der Waals surface area contributed by atoms with Gasteiger partial charge in [-0.25, -0.2) is 0 Å². The molecule has 2 heterocycles. The molecule has 7 nitrogen and oxygen atoms in total. The standard InChI is InChI=1S/C18H17BrN4O3/c19-16-8-7-15(26-16)18(25)21-10-4-9-20-17(24)14-11-13(22-23-14)12-5-2-1-3-6-12/h1-3,5-8,11H,4,9-10H2,(H,20,24)(H,21,25)(H,22,23). The zero-order valence-electron chi connectivity index (χ0n) is 13.8. The first-order valence-corrected chi connectivity index (χ1v) is 8.85. The molecule has 8 heteroatoms. The maximum atomic E-state index is 12.1. The van der Waals surface area contributed by atoms with Crippen molar-refractivity contribution in [1.82, 2.24) is 20.8 Å². The summed E-state index contributed by atoms with van der Waals surface area (Å²) in [6, 6.07) is 14.6. The van der Waals surface area contributed by atoms with Crippen LogP contribution in [0.15, 0.2) is 57.6 Å². The number of hydrogen-bond acceptors (Lipinski definition) is 4. The van der Waals surface area contributed by atoms with E-state index in [0.29, 0.717) is 29.9 Å². The van der Waals surface area contributed by atoms with Crippen LogP contribution in [0.25, 0.3) is 11.3 Å². The number of carbonyl (C=O) groups is 2. The van der Waals surface area contributed by atoms with Gasteiger partial charge >= 0.3 is 0 Å². The number of amides is 2. The van der Waals surface area contributed by atoms with Crippen LogP contribution in [0.5, 0.6) is 0 Å². The molecule has 0 bridgehead atoms. The molecule has 3 rings (SSSR count). The highest BCUT2D eigenvalue weighted by Crippen LogP contribution is 2.16. The van der Waals surface area contributed by atoms with E-state index in [4.69, 9.17) is 4.42 Å². The third kappa shape index (κ3) is 4.60. The minimum absolute atomic E-state index is 0.242. The Morgan fingerprint density at radius 1 is 1.04 bits per heavy atom. The normalized spacial score (nSPS) is 10.5. The molecule has 2 amide bonds. The van der Waals surface area contributed by atoms with Crippen molar-refractivity contribution in [3.8, 4) is 11.3 Å². The van der Waals surface area contributed by atoms with Gasteiger partial charge in [-0.2, -0.15) is 5.10 Å². The van der Waals surface area contributed by atoms with Gasteiger partial charge in [0.2, 0.25) is 0 Å². The van der Waals surface area contributed by atoms with Gasteiger partial charge in [0.15, 0.2) is 16.1 Å². The molecule has 1 aromatic carbocycles. The van der Waals surface area contributed by atoms with E-state index < -0.39 is 0 Å². The summed E-state index contributed by atoms with van der Waals surface area (Å²) < 4.78 is 5.66. The number of rotatable bonds is 7. The summed E-state index contributed by atoms with van der Waals surface area (Å²) in [4.78, 5) is 23.9. The van der Waals surface area contributed by atoms with Crippen LogP contribution in [0.3, 0.4) is 0 Å². The van der Waals surface area contributed by atoms with E-state index in [1.54, 1.807) is 18.2 Å². The lowest BCUT2D eigenvalue weighted by Gasteiger charge is -2.04. The highest BCUT2D eigenvalue weighted by Gasteiger charge is 2.12. The molecule has 0 saturated carbocycles. The van der Waals surface area contributed by atoms with Gasteiger partial charge < -0.3 is 15.1 Å². The molecule has 0 saturated heterocycles. The molecule has 0 unspecified atom stereocenters. The van der Waals surface area contributed by atoms with Crippen molar-refractivity contribution < 1.29 is 14.0 Å². The Morgan fingerprint density at radius 2 is 1.77 bits per heavy atom. The quantitative estimate of drug-likeness (QED) is 0.515. The maximum absolute atomic E-state index is 12.1. The largest absolute Gasteiger partial charge is 0.444 e. The highest BCUT2D eigenvalue weighted by molar-refractivity contribution is 9.10. The zero-order valence-corrected chi connectivity index (χ0v) is 15.4. The molecule has 0 aliphatic carbocycles. The minimum Gasteiger partial charge on any atom is -0.444 e. The number of aromatic nitrogens is 2. The number of H-pyrrole nitrogens is 1. The summed E-state index contributed by atoms with van der Waals surface area (Å²) in [5.41, 5.74) is 2.08. The van der Waals surface area contributed by atoms with E-state index in [0.717, 1.165) is 11.3 Å². The molecular formula is C18H17BrN4O3. The van der Waals surface area contributed by atoms with E-state index >= 15 is 0 Å². The first-order chi connectivity index (χ1) is 12.6. The first kappa shape index (κ1) is 17.9. The maximum Gasteiger partial charge on any atom is 0.287 e. The lowest BCUT2D eigenvalue weighted by Crippen LogP contribution is -2.29. The number of furan rings is 1. The molecule has 26 heavy (non-hydrogen) atoms. The van der Waals surface area contributed by atoms with Crippen molar-refractivity contribution in [3.63, 3.8) is 0 Å².